The van der Waals surface area contributed by atoms with E-state index in [0.717, 1.165) is 11.8 Å². The second-order valence-electron chi connectivity index (χ2n) is 5.18. The van der Waals surface area contributed by atoms with E-state index in [1.54, 1.807) is 0 Å². The third-order valence-corrected chi connectivity index (χ3v) is 6.36. The summed E-state index contributed by atoms with van der Waals surface area (Å²) >= 11 is 0. The summed E-state index contributed by atoms with van der Waals surface area (Å²) in [6, 6.07) is 1.24. The highest BCUT2D eigenvalue weighted by atomic mass is 28.4. The van der Waals surface area contributed by atoms with Crippen LogP contribution < -0.4 is 0 Å². The van der Waals surface area contributed by atoms with Gasteiger partial charge in [0, 0.05) is 6.10 Å². The van der Waals surface area contributed by atoms with Crippen molar-refractivity contribution in [3.63, 3.8) is 0 Å². The summed E-state index contributed by atoms with van der Waals surface area (Å²) in [5, 5.41) is 0. The lowest BCUT2D eigenvalue weighted by molar-refractivity contribution is 0.146. The van der Waals surface area contributed by atoms with Crippen LogP contribution in [0.15, 0.2) is 0 Å². The van der Waals surface area contributed by atoms with Crippen molar-refractivity contribution in [1.82, 2.24) is 0 Å². The highest BCUT2D eigenvalue weighted by Gasteiger charge is 2.34. The van der Waals surface area contributed by atoms with Crippen LogP contribution in [0.25, 0.3) is 0 Å². The van der Waals surface area contributed by atoms with Gasteiger partial charge in [-0.15, -0.1) is 0 Å². The Morgan fingerprint density at radius 3 is 2.23 bits per heavy atom. The molecule has 3 unspecified atom stereocenters. The lowest BCUT2D eigenvalue weighted by atomic mass is 10.00. The molecule has 3 atom stereocenters. The van der Waals surface area contributed by atoms with Gasteiger partial charge in [0.2, 0.25) is 0 Å². The molecule has 0 aliphatic heterocycles. The molecule has 0 bridgehead atoms. The molecule has 0 N–H and O–H groups in total. The van der Waals surface area contributed by atoms with Crippen molar-refractivity contribution < 1.29 is 4.43 Å². The van der Waals surface area contributed by atoms with Crippen molar-refractivity contribution in [1.29, 1.82) is 0 Å². The molecule has 1 aliphatic rings. The number of hydrogen-bond acceptors (Lipinski definition) is 1. The van der Waals surface area contributed by atoms with E-state index < -0.39 is 8.32 Å². The molecule has 1 saturated carbocycles. The Morgan fingerprint density at radius 1 is 1.23 bits per heavy atom. The van der Waals surface area contributed by atoms with Crippen LogP contribution in [0.4, 0.5) is 0 Å². The van der Waals surface area contributed by atoms with Crippen LogP contribution in [0, 0.1) is 11.8 Å². The minimum atomic E-state index is -1.31. The van der Waals surface area contributed by atoms with Crippen LogP contribution in [-0.2, 0) is 4.43 Å². The SMILES string of the molecule is CC[Si](C)(C)OC1CCC(C)C1C. The van der Waals surface area contributed by atoms with E-state index in [1.807, 2.05) is 0 Å². The average molecular weight is 200 g/mol. The normalized spacial score (nSPS) is 35.3. The summed E-state index contributed by atoms with van der Waals surface area (Å²) in [4.78, 5) is 0. The van der Waals surface area contributed by atoms with E-state index in [9.17, 15) is 0 Å². The van der Waals surface area contributed by atoms with Gasteiger partial charge < -0.3 is 4.43 Å². The molecule has 0 aromatic heterocycles. The van der Waals surface area contributed by atoms with Crippen molar-refractivity contribution >= 4 is 8.32 Å². The van der Waals surface area contributed by atoms with E-state index in [-0.39, 0.29) is 0 Å². The first-order chi connectivity index (χ1) is 5.96. The van der Waals surface area contributed by atoms with Gasteiger partial charge in [0.1, 0.15) is 0 Å². The maximum atomic E-state index is 6.27. The topological polar surface area (TPSA) is 9.23 Å². The van der Waals surface area contributed by atoms with E-state index in [0.29, 0.717) is 6.10 Å². The van der Waals surface area contributed by atoms with Gasteiger partial charge in [0.15, 0.2) is 8.32 Å². The minimum absolute atomic E-state index is 0.566. The lowest BCUT2D eigenvalue weighted by Crippen LogP contribution is -2.36. The Bertz CT molecular complexity index is 167. The largest absolute Gasteiger partial charge is 0.414 e. The fourth-order valence-electron chi connectivity index (χ4n) is 1.98. The van der Waals surface area contributed by atoms with E-state index in [2.05, 4.69) is 33.9 Å². The molecule has 0 aromatic carbocycles. The third-order valence-electron chi connectivity index (χ3n) is 3.71. The van der Waals surface area contributed by atoms with E-state index in [1.165, 1.54) is 18.9 Å². The smallest absolute Gasteiger partial charge is 0.186 e. The first-order valence-electron chi connectivity index (χ1n) is 5.64. The van der Waals surface area contributed by atoms with Crippen molar-refractivity contribution in [3.8, 4) is 0 Å². The van der Waals surface area contributed by atoms with Crippen LogP contribution >= 0.6 is 0 Å². The number of rotatable bonds is 3. The van der Waals surface area contributed by atoms with E-state index >= 15 is 0 Å². The van der Waals surface area contributed by atoms with Crippen LogP contribution in [0.2, 0.25) is 19.1 Å². The highest BCUT2D eigenvalue weighted by Crippen LogP contribution is 2.35. The molecule has 0 heterocycles. The Balaban J connectivity index is 2.46. The minimum Gasteiger partial charge on any atom is -0.414 e. The van der Waals surface area contributed by atoms with Gasteiger partial charge in [-0.1, -0.05) is 20.8 Å². The van der Waals surface area contributed by atoms with Gasteiger partial charge in [0.25, 0.3) is 0 Å². The van der Waals surface area contributed by atoms with Gasteiger partial charge in [-0.3, -0.25) is 0 Å². The molecule has 2 heteroatoms. The van der Waals surface area contributed by atoms with Crippen molar-refractivity contribution in [2.24, 2.45) is 11.8 Å². The molecule has 0 radical (unpaired) electrons. The van der Waals surface area contributed by atoms with Gasteiger partial charge >= 0.3 is 0 Å². The van der Waals surface area contributed by atoms with E-state index in [4.69, 9.17) is 4.43 Å². The molecule has 1 aliphatic carbocycles. The maximum absolute atomic E-state index is 6.27. The summed E-state index contributed by atoms with van der Waals surface area (Å²) in [6.07, 6.45) is 3.22. The standard InChI is InChI=1S/C11H24OSi/c1-6-13(4,5)12-11-8-7-9(2)10(11)3/h9-11H,6-8H2,1-5H3. The van der Waals surface area contributed by atoms with Crippen molar-refractivity contribution in [2.45, 2.75) is 58.9 Å². The number of hydrogen-bond donors (Lipinski definition) is 0. The van der Waals surface area contributed by atoms with Gasteiger partial charge in [0.05, 0.1) is 0 Å². The Kier molecular flexibility index (Phi) is 3.58. The first-order valence-corrected chi connectivity index (χ1v) is 8.75. The van der Waals surface area contributed by atoms with Crippen LogP contribution in [0.3, 0.4) is 0 Å². The summed E-state index contributed by atoms with van der Waals surface area (Å²) in [6.45, 7) is 11.6. The van der Waals surface area contributed by atoms with Gasteiger partial charge in [-0.2, -0.15) is 0 Å². The van der Waals surface area contributed by atoms with Crippen LogP contribution in [0.1, 0.15) is 33.6 Å². The maximum Gasteiger partial charge on any atom is 0.186 e. The molecular weight excluding hydrogens is 176 g/mol. The predicted molar refractivity (Wildman–Crippen MR) is 60.4 cm³/mol. The monoisotopic (exact) mass is 200 g/mol. The zero-order valence-corrected chi connectivity index (χ0v) is 10.8. The average Bonchev–Trinajstić information content (AvgIpc) is 2.36. The second-order valence-corrected chi connectivity index (χ2v) is 9.65. The molecule has 0 spiro atoms. The molecule has 13 heavy (non-hydrogen) atoms. The molecular formula is C11H24OSi. The third kappa shape index (κ3) is 2.81. The summed E-state index contributed by atoms with van der Waals surface area (Å²) < 4.78 is 6.27. The lowest BCUT2D eigenvalue weighted by Gasteiger charge is -2.29. The zero-order valence-electron chi connectivity index (χ0n) is 9.76. The first kappa shape index (κ1) is 11.3. The van der Waals surface area contributed by atoms with Gasteiger partial charge in [-0.05, 0) is 43.8 Å². The molecule has 0 saturated heterocycles. The molecule has 0 amide bonds. The van der Waals surface area contributed by atoms with Crippen LogP contribution in [-0.4, -0.2) is 14.4 Å². The van der Waals surface area contributed by atoms with Crippen LogP contribution in [0.5, 0.6) is 0 Å². The summed E-state index contributed by atoms with van der Waals surface area (Å²) in [7, 11) is -1.31. The molecule has 0 aromatic rings. The Hall–Kier alpha value is 0.177. The van der Waals surface area contributed by atoms with Crippen molar-refractivity contribution in [2.75, 3.05) is 0 Å². The van der Waals surface area contributed by atoms with Crippen molar-refractivity contribution in [3.05, 3.63) is 0 Å². The molecule has 1 fully saturated rings. The zero-order chi connectivity index (χ0) is 10.1. The fraction of sp³-hybridized carbons (Fsp3) is 1.00. The fourth-order valence-corrected chi connectivity index (χ4v) is 3.30. The quantitative estimate of drug-likeness (QED) is 0.632. The molecule has 78 valence electrons. The Labute approximate surface area is 84.0 Å². The summed E-state index contributed by atoms with van der Waals surface area (Å²) in [5.74, 6) is 1.64. The van der Waals surface area contributed by atoms with Gasteiger partial charge in [-0.25, -0.2) is 0 Å². The molecule has 1 rings (SSSR count). The molecule has 1 nitrogen and oxygen atoms in total. The summed E-state index contributed by atoms with van der Waals surface area (Å²) in [5.41, 5.74) is 0. The second kappa shape index (κ2) is 4.14. The Morgan fingerprint density at radius 2 is 1.85 bits per heavy atom. The highest BCUT2D eigenvalue weighted by molar-refractivity contribution is 6.71. The predicted octanol–water partition coefficient (Wildman–Crippen LogP) is 3.66.